The van der Waals surface area contributed by atoms with Crippen LogP contribution in [-0.4, -0.2) is 57.7 Å². The molecule has 0 saturated carbocycles. The lowest BCUT2D eigenvalue weighted by atomic mass is 10.2. The second-order valence-electron chi connectivity index (χ2n) is 6.31. The molecule has 0 spiro atoms. The van der Waals surface area contributed by atoms with Crippen LogP contribution >= 0.6 is 0 Å². The zero-order chi connectivity index (χ0) is 20.5. The molecule has 0 bridgehead atoms. The molecule has 0 radical (unpaired) electrons. The highest BCUT2D eigenvalue weighted by Gasteiger charge is 2.21. The molecule has 150 valence electrons. The molecule has 2 heterocycles. The van der Waals surface area contributed by atoms with Crippen molar-refractivity contribution in [2.24, 2.45) is 7.05 Å². The monoisotopic (exact) mass is 406 g/mol. The number of aliphatic hydroxyl groups is 1. The summed E-state index contributed by atoms with van der Waals surface area (Å²) in [4.78, 5) is 4.53. The van der Waals surface area contributed by atoms with Crippen LogP contribution in [0, 0.1) is 6.92 Å². The lowest BCUT2D eigenvalue weighted by molar-refractivity contribution is 0.265. The Morgan fingerprint density at radius 3 is 2.75 bits per heavy atom. The summed E-state index contributed by atoms with van der Waals surface area (Å²) in [5.74, 6) is 0.679. The maximum absolute atomic E-state index is 12.6. The van der Waals surface area contributed by atoms with Gasteiger partial charge in [0.25, 0.3) is 0 Å². The molecule has 0 unspecified atom stereocenters. The molecule has 3 aromatic rings. The fourth-order valence-electron chi connectivity index (χ4n) is 2.72. The molecule has 0 aliphatic rings. The minimum absolute atomic E-state index is 0.0119. The molecule has 10 nitrogen and oxygen atoms in total. The zero-order valence-corrected chi connectivity index (χ0v) is 16.9. The predicted molar refractivity (Wildman–Crippen MR) is 102 cm³/mol. The molecular weight excluding hydrogens is 384 g/mol. The predicted octanol–water partition coefficient (Wildman–Crippen LogP) is 0.792. The Morgan fingerprint density at radius 2 is 2.07 bits per heavy atom. The van der Waals surface area contributed by atoms with Gasteiger partial charge < -0.3 is 9.84 Å². The first-order valence-corrected chi connectivity index (χ1v) is 10.2. The van der Waals surface area contributed by atoms with Crippen LogP contribution < -0.4 is 9.46 Å². The van der Waals surface area contributed by atoms with Crippen LogP contribution in [0.1, 0.15) is 19.5 Å². The van der Waals surface area contributed by atoms with Crippen molar-refractivity contribution in [2.45, 2.75) is 31.7 Å². The summed E-state index contributed by atoms with van der Waals surface area (Å²) in [5.41, 5.74) is 2.20. The van der Waals surface area contributed by atoms with Crippen LogP contribution in [0.2, 0.25) is 0 Å². The van der Waals surface area contributed by atoms with Crippen molar-refractivity contribution in [3.05, 3.63) is 23.9 Å². The van der Waals surface area contributed by atoms with Crippen molar-refractivity contribution in [3.63, 3.8) is 0 Å². The van der Waals surface area contributed by atoms with Crippen LogP contribution in [0.15, 0.2) is 23.1 Å². The summed E-state index contributed by atoms with van der Waals surface area (Å²) in [6.45, 7) is 5.28. The summed E-state index contributed by atoms with van der Waals surface area (Å²) < 4.78 is 34.8. The molecule has 2 aromatic heterocycles. The van der Waals surface area contributed by atoms with E-state index in [1.165, 1.54) is 12.1 Å². The molecule has 11 heteroatoms. The lowest BCUT2D eigenvalue weighted by Crippen LogP contribution is -2.35. The number of hydrogen-bond acceptors (Lipinski definition) is 8. The SMILES string of the molecule is CCOc1ccc(S(=O)(=O)N[C@H](C)CO)cc1-c1nnc2c(n1)c(C)nn2C. The van der Waals surface area contributed by atoms with Crippen molar-refractivity contribution in [2.75, 3.05) is 13.2 Å². The Labute approximate surface area is 162 Å². The van der Waals surface area contributed by atoms with Crippen LogP contribution in [0.25, 0.3) is 22.6 Å². The van der Waals surface area contributed by atoms with Crippen molar-refractivity contribution >= 4 is 21.2 Å². The fourth-order valence-corrected chi connectivity index (χ4v) is 3.98. The Hall–Kier alpha value is -2.63. The van der Waals surface area contributed by atoms with Crippen molar-refractivity contribution in [1.29, 1.82) is 0 Å². The number of benzene rings is 1. The Kier molecular flexibility index (Phi) is 5.59. The number of nitrogens with zero attached hydrogens (tertiary/aromatic N) is 5. The van der Waals surface area contributed by atoms with E-state index >= 15 is 0 Å². The third kappa shape index (κ3) is 3.81. The first kappa shape index (κ1) is 20.1. The minimum atomic E-state index is -3.84. The van der Waals surface area contributed by atoms with Crippen LogP contribution in [0.5, 0.6) is 5.75 Å². The molecule has 1 atom stereocenters. The maximum Gasteiger partial charge on any atom is 0.240 e. The Morgan fingerprint density at radius 1 is 1.32 bits per heavy atom. The average Bonchev–Trinajstić information content (AvgIpc) is 2.95. The number of ether oxygens (including phenoxy) is 1. The van der Waals surface area contributed by atoms with Gasteiger partial charge in [-0.15, -0.1) is 10.2 Å². The minimum Gasteiger partial charge on any atom is -0.493 e. The Bertz CT molecular complexity index is 1110. The second kappa shape index (κ2) is 7.78. The van der Waals surface area contributed by atoms with Gasteiger partial charge in [0.1, 0.15) is 11.3 Å². The zero-order valence-electron chi connectivity index (χ0n) is 16.0. The number of hydrogen-bond donors (Lipinski definition) is 2. The van der Waals surface area contributed by atoms with E-state index in [2.05, 4.69) is 25.0 Å². The van der Waals surface area contributed by atoms with Gasteiger partial charge in [-0.1, -0.05) is 0 Å². The van der Waals surface area contributed by atoms with E-state index in [0.717, 1.165) is 0 Å². The van der Waals surface area contributed by atoms with Crippen LogP contribution in [0.3, 0.4) is 0 Å². The molecule has 0 aliphatic heterocycles. The van der Waals surface area contributed by atoms with E-state index in [1.807, 2.05) is 13.8 Å². The largest absolute Gasteiger partial charge is 0.493 e. The number of rotatable bonds is 7. The van der Waals surface area contributed by atoms with Crippen molar-refractivity contribution in [3.8, 4) is 17.1 Å². The van der Waals surface area contributed by atoms with E-state index in [9.17, 15) is 8.42 Å². The van der Waals surface area contributed by atoms with Crippen LogP contribution in [-0.2, 0) is 17.1 Å². The number of aromatic nitrogens is 5. The quantitative estimate of drug-likeness (QED) is 0.589. The summed E-state index contributed by atoms with van der Waals surface area (Å²) in [6, 6.07) is 3.81. The molecule has 3 rings (SSSR count). The van der Waals surface area contributed by atoms with E-state index in [0.29, 0.717) is 34.8 Å². The van der Waals surface area contributed by atoms with Gasteiger partial charge in [-0.3, -0.25) is 0 Å². The highest BCUT2D eigenvalue weighted by atomic mass is 32.2. The number of aliphatic hydroxyl groups excluding tert-OH is 1. The summed E-state index contributed by atoms with van der Waals surface area (Å²) in [6.07, 6.45) is 0. The van der Waals surface area contributed by atoms with E-state index in [1.54, 1.807) is 24.7 Å². The third-order valence-corrected chi connectivity index (χ3v) is 5.64. The molecular formula is C17H22N6O4S. The van der Waals surface area contributed by atoms with Gasteiger partial charge in [-0.05, 0) is 39.0 Å². The number of fused-ring (bicyclic) bond motifs is 1. The van der Waals surface area contributed by atoms with Gasteiger partial charge in [-0.2, -0.15) is 5.10 Å². The standard InChI is InChI=1S/C17H22N6O4S/c1-5-27-14-7-6-12(28(25,26)22-10(2)9-24)8-13(14)16-18-15-11(3)21-23(4)17(15)20-19-16/h6-8,10,22,24H,5,9H2,1-4H3/t10-/m1/s1. The molecule has 0 aliphatic carbocycles. The van der Waals surface area contributed by atoms with E-state index < -0.39 is 16.1 Å². The molecule has 1 aromatic carbocycles. The second-order valence-corrected chi connectivity index (χ2v) is 8.03. The van der Waals surface area contributed by atoms with Crippen molar-refractivity contribution < 1.29 is 18.3 Å². The van der Waals surface area contributed by atoms with Gasteiger partial charge in [0.15, 0.2) is 11.5 Å². The van der Waals surface area contributed by atoms with Gasteiger partial charge in [0.2, 0.25) is 10.0 Å². The number of nitrogens with one attached hydrogen (secondary N) is 1. The first-order valence-electron chi connectivity index (χ1n) is 8.71. The average molecular weight is 406 g/mol. The van der Waals surface area contributed by atoms with E-state index in [-0.39, 0.29) is 17.3 Å². The summed E-state index contributed by atoms with van der Waals surface area (Å²) in [7, 11) is -2.09. The number of sulfonamides is 1. The highest BCUT2D eigenvalue weighted by Crippen LogP contribution is 2.31. The molecule has 0 saturated heterocycles. The van der Waals surface area contributed by atoms with Gasteiger partial charge in [0.05, 0.1) is 29.4 Å². The van der Waals surface area contributed by atoms with Gasteiger partial charge in [-0.25, -0.2) is 22.8 Å². The molecule has 2 N–H and O–H groups in total. The molecule has 28 heavy (non-hydrogen) atoms. The Balaban J connectivity index is 2.14. The van der Waals surface area contributed by atoms with E-state index in [4.69, 9.17) is 9.84 Å². The molecule has 0 fully saturated rings. The summed E-state index contributed by atoms with van der Waals surface area (Å²) >= 11 is 0. The first-order chi connectivity index (χ1) is 13.3. The summed E-state index contributed by atoms with van der Waals surface area (Å²) in [5, 5.41) is 21.7. The topological polar surface area (TPSA) is 132 Å². The lowest BCUT2D eigenvalue weighted by Gasteiger charge is -2.14. The van der Waals surface area contributed by atoms with Gasteiger partial charge >= 0.3 is 0 Å². The third-order valence-electron chi connectivity index (χ3n) is 4.05. The fraction of sp³-hybridized carbons (Fsp3) is 0.412. The maximum atomic E-state index is 12.6. The highest BCUT2D eigenvalue weighted by molar-refractivity contribution is 7.89. The number of aryl methyl sites for hydroxylation is 2. The van der Waals surface area contributed by atoms with Crippen molar-refractivity contribution in [1.82, 2.24) is 29.7 Å². The van der Waals surface area contributed by atoms with Crippen LogP contribution in [0.4, 0.5) is 0 Å². The normalized spacial score (nSPS) is 13.0. The van der Waals surface area contributed by atoms with Gasteiger partial charge in [0, 0.05) is 13.1 Å². The smallest absolute Gasteiger partial charge is 0.240 e. The molecule has 0 amide bonds.